The summed E-state index contributed by atoms with van der Waals surface area (Å²) in [6, 6.07) is 6.86. The molecule has 1 aromatic carbocycles. The summed E-state index contributed by atoms with van der Waals surface area (Å²) >= 11 is 1.31. The number of hydrogen-bond acceptors (Lipinski definition) is 7. The lowest BCUT2D eigenvalue weighted by molar-refractivity contribution is -0.117. The Morgan fingerprint density at radius 3 is 2.78 bits per heavy atom. The third-order valence-corrected chi connectivity index (χ3v) is 4.24. The quantitative estimate of drug-likeness (QED) is 0.776. The van der Waals surface area contributed by atoms with Crippen molar-refractivity contribution in [2.75, 3.05) is 5.32 Å². The fourth-order valence-electron chi connectivity index (χ4n) is 1.94. The maximum Gasteiger partial charge on any atom is 0.278 e. The van der Waals surface area contributed by atoms with E-state index in [-0.39, 0.29) is 18.0 Å². The zero-order chi connectivity index (χ0) is 16.4. The standard InChI is InChI=1S/C14H14N6O2S/c1-8(2)12-17-18-14(23-12)15-11(21)7-20-13(22)9-5-3-4-6-10(9)16-19-20/h3-6,8H,7H2,1-2H3,(H,15,18,21). The van der Waals surface area contributed by atoms with E-state index in [4.69, 9.17) is 0 Å². The number of hydrogen-bond donors (Lipinski definition) is 1. The Morgan fingerprint density at radius 2 is 2.04 bits per heavy atom. The molecule has 0 aliphatic rings. The number of aromatic nitrogens is 5. The predicted octanol–water partition coefficient (Wildman–Crippen LogP) is 1.41. The zero-order valence-corrected chi connectivity index (χ0v) is 13.4. The van der Waals surface area contributed by atoms with Crippen molar-refractivity contribution in [2.45, 2.75) is 26.3 Å². The van der Waals surface area contributed by atoms with E-state index in [1.807, 2.05) is 13.8 Å². The Morgan fingerprint density at radius 1 is 1.26 bits per heavy atom. The number of carbonyl (C=O) groups is 1. The summed E-state index contributed by atoms with van der Waals surface area (Å²) in [5.41, 5.74) is 0.144. The number of carbonyl (C=O) groups excluding carboxylic acids is 1. The third-order valence-electron chi connectivity index (χ3n) is 3.10. The minimum atomic E-state index is -0.400. The van der Waals surface area contributed by atoms with E-state index in [1.54, 1.807) is 24.3 Å². The van der Waals surface area contributed by atoms with Crippen LogP contribution in [0.25, 0.3) is 10.9 Å². The summed E-state index contributed by atoms with van der Waals surface area (Å²) in [6.07, 6.45) is 0. The van der Waals surface area contributed by atoms with Crippen LogP contribution in [-0.2, 0) is 11.3 Å². The molecule has 3 aromatic rings. The van der Waals surface area contributed by atoms with Gasteiger partial charge in [0.2, 0.25) is 11.0 Å². The molecule has 0 saturated heterocycles. The summed E-state index contributed by atoms with van der Waals surface area (Å²) in [5, 5.41) is 19.9. The monoisotopic (exact) mass is 330 g/mol. The fourth-order valence-corrected chi connectivity index (χ4v) is 2.70. The van der Waals surface area contributed by atoms with E-state index in [1.165, 1.54) is 11.3 Å². The van der Waals surface area contributed by atoms with Gasteiger partial charge in [0.1, 0.15) is 17.1 Å². The molecule has 1 N–H and O–H groups in total. The SMILES string of the molecule is CC(C)c1nnc(NC(=O)Cn2nnc3ccccc3c2=O)s1. The normalized spacial score (nSPS) is 11.1. The van der Waals surface area contributed by atoms with Gasteiger partial charge in [-0.15, -0.1) is 15.3 Å². The van der Waals surface area contributed by atoms with E-state index in [2.05, 4.69) is 25.8 Å². The molecule has 0 bridgehead atoms. The Bertz CT molecular complexity index is 917. The second-order valence-electron chi connectivity index (χ2n) is 5.22. The van der Waals surface area contributed by atoms with Gasteiger partial charge >= 0.3 is 0 Å². The van der Waals surface area contributed by atoms with E-state index in [0.717, 1.165) is 9.69 Å². The molecule has 8 nitrogen and oxygen atoms in total. The Hall–Kier alpha value is -2.68. The van der Waals surface area contributed by atoms with E-state index >= 15 is 0 Å². The van der Waals surface area contributed by atoms with Gasteiger partial charge in [-0.1, -0.05) is 42.5 Å². The molecule has 2 heterocycles. The number of benzene rings is 1. The van der Waals surface area contributed by atoms with Crippen molar-refractivity contribution < 1.29 is 4.79 Å². The highest BCUT2D eigenvalue weighted by Gasteiger charge is 2.13. The van der Waals surface area contributed by atoms with Crippen molar-refractivity contribution in [3.63, 3.8) is 0 Å². The first-order valence-electron chi connectivity index (χ1n) is 7.00. The number of anilines is 1. The number of amides is 1. The molecular weight excluding hydrogens is 316 g/mol. The second kappa shape index (κ2) is 6.21. The maximum absolute atomic E-state index is 12.3. The molecule has 118 valence electrons. The summed E-state index contributed by atoms with van der Waals surface area (Å²) in [5.74, 6) is -0.157. The van der Waals surface area contributed by atoms with E-state index in [0.29, 0.717) is 16.0 Å². The molecule has 0 spiro atoms. The Balaban J connectivity index is 1.77. The first-order valence-corrected chi connectivity index (χ1v) is 7.82. The average molecular weight is 330 g/mol. The topological polar surface area (TPSA) is 103 Å². The second-order valence-corrected chi connectivity index (χ2v) is 6.23. The van der Waals surface area contributed by atoms with Crippen molar-refractivity contribution >= 4 is 33.3 Å². The molecular formula is C14H14N6O2S. The van der Waals surface area contributed by atoms with Gasteiger partial charge in [0.05, 0.1) is 5.39 Å². The number of fused-ring (bicyclic) bond motifs is 1. The Kier molecular flexibility index (Phi) is 4.11. The smallest absolute Gasteiger partial charge is 0.278 e. The van der Waals surface area contributed by atoms with Gasteiger partial charge < -0.3 is 0 Å². The van der Waals surface area contributed by atoms with Gasteiger partial charge in [-0.05, 0) is 12.1 Å². The van der Waals surface area contributed by atoms with Crippen LogP contribution in [0.4, 0.5) is 5.13 Å². The molecule has 0 saturated carbocycles. The fraction of sp³-hybridized carbons (Fsp3) is 0.286. The summed E-state index contributed by atoms with van der Waals surface area (Å²) in [6.45, 7) is 3.76. The first-order chi connectivity index (χ1) is 11.0. The van der Waals surface area contributed by atoms with Crippen LogP contribution in [0.1, 0.15) is 24.8 Å². The molecule has 23 heavy (non-hydrogen) atoms. The molecule has 3 rings (SSSR count). The van der Waals surface area contributed by atoms with Crippen molar-refractivity contribution in [2.24, 2.45) is 0 Å². The zero-order valence-electron chi connectivity index (χ0n) is 12.6. The minimum absolute atomic E-state index is 0.229. The molecule has 9 heteroatoms. The van der Waals surface area contributed by atoms with Crippen LogP contribution in [0.3, 0.4) is 0 Å². The molecule has 1 amide bonds. The van der Waals surface area contributed by atoms with E-state index < -0.39 is 5.91 Å². The molecule has 0 atom stereocenters. The van der Waals surface area contributed by atoms with Crippen LogP contribution >= 0.6 is 11.3 Å². The summed E-state index contributed by atoms with van der Waals surface area (Å²) in [4.78, 5) is 24.3. The van der Waals surface area contributed by atoms with Gasteiger partial charge in [-0.2, -0.15) is 0 Å². The van der Waals surface area contributed by atoms with Gasteiger partial charge in [0.15, 0.2) is 0 Å². The Labute approximate surface area is 135 Å². The molecule has 0 aliphatic heterocycles. The number of rotatable bonds is 4. The largest absolute Gasteiger partial charge is 0.299 e. The first kappa shape index (κ1) is 15.2. The highest BCUT2D eigenvalue weighted by molar-refractivity contribution is 7.15. The van der Waals surface area contributed by atoms with E-state index in [9.17, 15) is 9.59 Å². The summed E-state index contributed by atoms with van der Waals surface area (Å²) in [7, 11) is 0. The van der Waals surface area contributed by atoms with Crippen molar-refractivity contribution in [1.82, 2.24) is 25.2 Å². The van der Waals surface area contributed by atoms with Crippen LogP contribution in [0.2, 0.25) is 0 Å². The molecule has 0 fully saturated rings. The van der Waals surface area contributed by atoms with Crippen molar-refractivity contribution in [3.8, 4) is 0 Å². The van der Waals surface area contributed by atoms with Crippen LogP contribution in [0.15, 0.2) is 29.1 Å². The lowest BCUT2D eigenvalue weighted by Crippen LogP contribution is -2.30. The number of nitrogens with one attached hydrogen (secondary N) is 1. The highest BCUT2D eigenvalue weighted by atomic mass is 32.1. The maximum atomic E-state index is 12.3. The number of nitrogens with zero attached hydrogens (tertiary/aromatic N) is 5. The lowest BCUT2D eigenvalue weighted by atomic mass is 10.2. The van der Waals surface area contributed by atoms with Crippen molar-refractivity contribution in [3.05, 3.63) is 39.6 Å². The van der Waals surface area contributed by atoms with Gasteiger partial charge in [0, 0.05) is 5.92 Å². The lowest BCUT2D eigenvalue weighted by Gasteiger charge is -2.04. The van der Waals surface area contributed by atoms with Crippen molar-refractivity contribution in [1.29, 1.82) is 0 Å². The molecule has 0 radical (unpaired) electrons. The van der Waals surface area contributed by atoms with Crippen LogP contribution in [0, 0.1) is 0 Å². The molecule has 0 unspecified atom stereocenters. The minimum Gasteiger partial charge on any atom is -0.299 e. The van der Waals surface area contributed by atoms with Crippen LogP contribution in [0.5, 0.6) is 0 Å². The van der Waals surface area contributed by atoms with Crippen LogP contribution < -0.4 is 10.9 Å². The van der Waals surface area contributed by atoms with Gasteiger partial charge in [-0.25, -0.2) is 4.68 Å². The van der Waals surface area contributed by atoms with Gasteiger partial charge in [-0.3, -0.25) is 14.9 Å². The summed E-state index contributed by atoms with van der Waals surface area (Å²) < 4.78 is 1.03. The average Bonchev–Trinajstić information content (AvgIpc) is 2.99. The molecule has 0 aliphatic carbocycles. The third kappa shape index (κ3) is 3.24. The molecule has 2 aromatic heterocycles. The van der Waals surface area contributed by atoms with Crippen LogP contribution in [-0.4, -0.2) is 31.1 Å². The highest BCUT2D eigenvalue weighted by Crippen LogP contribution is 2.22. The predicted molar refractivity (Wildman–Crippen MR) is 86.4 cm³/mol. The van der Waals surface area contributed by atoms with Gasteiger partial charge in [0.25, 0.3) is 5.56 Å².